The van der Waals surface area contributed by atoms with Gasteiger partial charge in [-0.2, -0.15) is 0 Å². The Kier molecular flexibility index (Phi) is 9.85. The normalized spacial score (nSPS) is 11.5. The van der Waals surface area contributed by atoms with Crippen LogP contribution in [0.5, 0.6) is 11.5 Å². The third-order valence-electron chi connectivity index (χ3n) is 4.91. The summed E-state index contributed by atoms with van der Waals surface area (Å²) >= 11 is 3.46. The fraction of sp³-hybridized carbons (Fsp3) is 0.417. The summed E-state index contributed by atoms with van der Waals surface area (Å²) in [5, 5.41) is 2.91. The molecule has 0 saturated heterocycles. The number of aryl methyl sites for hydroxylation is 1. The first-order chi connectivity index (χ1) is 14.9. The van der Waals surface area contributed by atoms with Gasteiger partial charge in [-0.25, -0.2) is 0 Å². The number of methoxy groups -OCH3 is 1. The highest BCUT2D eigenvalue weighted by Gasteiger charge is 2.28. The molecule has 0 fully saturated rings. The predicted octanol–water partition coefficient (Wildman–Crippen LogP) is 4.48. The number of rotatable bonds is 11. The van der Waals surface area contributed by atoms with Crippen LogP contribution in [0.2, 0.25) is 0 Å². The molecular formula is C24H31BrN2O4. The molecule has 1 atom stereocenters. The third kappa shape index (κ3) is 7.28. The predicted molar refractivity (Wildman–Crippen MR) is 125 cm³/mol. The van der Waals surface area contributed by atoms with Gasteiger partial charge in [0.2, 0.25) is 5.91 Å². The molecule has 0 aliphatic heterocycles. The standard InChI is InChI=1S/C24H31BrN2O4/c1-5-12-26-24(29)22(6-2)27(15-18-8-7-9-19(14-18)30-4)23(28)16-31-20-10-11-21(25)17(3)13-20/h7-11,13-14,22H,5-6,12,15-16H2,1-4H3,(H,26,29)/t22-/m0/s1. The fourth-order valence-corrected chi connectivity index (χ4v) is 3.43. The number of benzene rings is 2. The van der Waals surface area contributed by atoms with Crippen LogP contribution in [0.4, 0.5) is 0 Å². The lowest BCUT2D eigenvalue weighted by Crippen LogP contribution is -2.50. The van der Waals surface area contributed by atoms with Crippen LogP contribution in [-0.2, 0) is 16.1 Å². The zero-order valence-electron chi connectivity index (χ0n) is 18.6. The number of nitrogens with zero attached hydrogens (tertiary/aromatic N) is 1. The van der Waals surface area contributed by atoms with Gasteiger partial charge in [0, 0.05) is 17.6 Å². The minimum atomic E-state index is -0.583. The van der Waals surface area contributed by atoms with E-state index >= 15 is 0 Å². The van der Waals surface area contributed by atoms with Crippen molar-refractivity contribution in [1.82, 2.24) is 10.2 Å². The summed E-state index contributed by atoms with van der Waals surface area (Å²) < 4.78 is 12.0. The van der Waals surface area contributed by atoms with Gasteiger partial charge in [-0.1, -0.05) is 41.9 Å². The van der Waals surface area contributed by atoms with Crippen LogP contribution in [0.3, 0.4) is 0 Å². The second-order valence-corrected chi connectivity index (χ2v) is 8.14. The summed E-state index contributed by atoms with van der Waals surface area (Å²) in [6, 6.07) is 12.5. The van der Waals surface area contributed by atoms with Gasteiger partial charge in [0.15, 0.2) is 6.61 Å². The van der Waals surface area contributed by atoms with E-state index in [2.05, 4.69) is 21.2 Å². The van der Waals surface area contributed by atoms with Crippen LogP contribution in [-0.4, -0.2) is 43.0 Å². The van der Waals surface area contributed by atoms with E-state index in [1.54, 1.807) is 12.0 Å². The van der Waals surface area contributed by atoms with Gasteiger partial charge in [-0.15, -0.1) is 0 Å². The minimum absolute atomic E-state index is 0.150. The lowest BCUT2D eigenvalue weighted by Gasteiger charge is -2.30. The van der Waals surface area contributed by atoms with Gasteiger partial charge in [0.1, 0.15) is 17.5 Å². The molecule has 0 aliphatic carbocycles. The van der Waals surface area contributed by atoms with E-state index in [0.29, 0.717) is 24.5 Å². The first-order valence-corrected chi connectivity index (χ1v) is 11.3. The Morgan fingerprint density at radius 1 is 1.13 bits per heavy atom. The van der Waals surface area contributed by atoms with E-state index in [1.807, 2.05) is 63.2 Å². The zero-order chi connectivity index (χ0) is 22.8. The second-order valence-electron chi connectivity index (χ2n) is 7.29. The molecule has 0 saturated carbocycles. The number of carbonyl (C=O) groups excluding carboxylic acids is 2. The first kappa shape index (κ1) is 24.7. The van der Waals surface area contributed by atoms with Crippen molar-refractivity contribution in [2.45, 2.75) is 46.2 Å². The van der Waals surface area contributed by atoms with E-state index in [4.69, 9.17) is 9.47 Å². The molecule has 0 unspecified atom stereocenters. The van der Waals surface area contributed by atoms with Crippen LogP contribution in [0.25, 0.3) is 0 Å². The monoisotopic (exact) mass is 490 g/mol. The maximum atomic E-state index is 13.2. The number of halogens is 1. The molecule has 0 radical (unpaired) electrons. The van der Waals surface area contributed by atoms with Crippen LogP contribution in [0, 0.1) is 6.92 Å². The van der Waals surface area contributed by atoms with E-state index in [9.17, 15) is 9.59 Å². The van der Waals surface area contributed by atoms with Crippen LogP contribution in [0.1, 0.15) is 37.8 Å². The third-order valence-corrected chi connectivity index (χ3v) is 5.80. The molecule has 7 heteroatoms. The van der Waals surface area contributed by atoms with E-state index < -0.39 is 6.04 Å². The Hall–Kier alpha value is -2.54. The molecule has 0 spiro atoms. The van der Waals surface area contributed by atoms with Gasteiger partial charge in [-0.05, 0) is 61.2 Å². The molecule has 1 N–H and O–H groups in total. The molecule has 0 bridgehead atoms. The smallest absolute Gasteiger partial charge is 0.261 e. The average molecular weight is 491 g/mol. The van der Waals surface area contributed by atoms with Crippen molar-refractivity contribution in [3.05, 3.63) is 58.1 Å². The molecule has 6 nitrogen and oxygen atoms in total. The number of carbonyl (C=O) groups is 2. The Morgan fingerprint density at radius 3 is 2.55 bits per heavy atom. The maximum absolute atomic E-state index is 13.2. The average Bonchev–Trinajstić information content (AvgIpc) is 2.78. The lowest BCUT2D eigenvalue weighted by atomic mass is 10.1. The van der Waals surface area contributed by atoms with E-state index in [-0.39, 0.29) is 25.0 Å². The lowest BCUT2D eigenvalue weighted by molar-refractivity contribution is -0.143. The molecule has 0 aliphatic rings. The van der Waals surface area contributed by atoms with Crippen molar-refractivity contribution in [2.24, 2.45) is 0 Å². The number of amides is 2. The Labute approximate surface area is 193 Å². The highest BCUT2D eigenvalue weighted by atomic mass is 79.9. The van der Waals surface area contributed by atoms with Crippen molar-refractivity contribution < 1.29 is 19.1 Å². The van der Waals surface area contributed by atoms with Gasteiger partial charge in [-0.3, -0.25) is 9.59 Å². The van der Waals surface area contributed by atoms with Crippen molar-refractivity contribution in [3.8, 4) is 11.5 Å². The SMILES string of the molecule is CCCNC(=O)[C@H](CC)N(Cc1cccc(OC)c1)C(=O)COc1ccc(Br)c(C)c1. The summed E-state index contributed by atoms with van der Waals surface area (Å²) in [7, 11) is 1.60. The van der Waals surface area contributed by atoms with Gasteiger partial charge >= 0.3 is 0 Å². The summed E-state index contributed by atoms with van der Waals surface area (Å²) in [6.07, 6.45) is 1.33. The molecule has 2 amide bonds. The number of nitrogens with one attached hydrogen (secondary N) is 1. The van der Waals surface area contributed by atoms with E-state index in [1.165, 1.54) is 0 Å². The van der Waals surface area contributed by atoms with Crippen LogP contribution >= 0.6 is 15.9 Å². The first-order valence-electron chi connectivity index (χ1n) is 10.5. The molecule has 31 heavy (non-hydrogen) atoms. The number of hydrogen-bond donors (Lipinski definition) is 1. The summed E-state index contributed by atoms with van der Waals surface area (Å²) in [6.45, 7) is 6.57. The van der Waals surface area contributed by atoms with E-state index in [0.717, 1.165) is 22.0 Å². The molecule has 0 aromatic heterocycles. The Balaban J connectivity index is 2.22. The van der Waals surface area contributed by atoms with Crippen molar-refractivity contribution >= 4 is 27.7 Å². The summed E-state index contributed by atoms with van der Waals surface area (Å²) in [5.41, 5.74) is 1.90. The van der Waals surface area contributed by atoms with Crippen LogP contribution in [0.15, 0.2) is 46.9 Å². The summed E-state index contributed by atoms with van der Waals surface area (Å²) in [4.78, 5) is 27.5. The Bertz CT molecular complexity index is 888. The summed E-state index contributed by atoms with van der Waals surface area (Å²) in [5.74, 6) is 0.913. The quantitative estimate of drug-likeness (QED) is 0.504. The number of ether oxygens (including phenoxy) is 2. The van der Waals surface area contributed by atoms with Gasteiger partial charge in [0.25, 0.3) is 5.91 Å². The second kappa shape index (κ2) is 12.3. The molecule has 2 rings (SSSR count). The highest BCUT2D eigenvalue weighted by Crippen LogP contribution is 2.22. The number of hydrogen-bond acceptors (Lipinski definition) is 4. The largest absolute Gasteiger partial charge is 0.497 e. The fourth-order valence-electron chi connectivity index (χ4n) is 3.19. The zero-order valence-corrected chi connectivity index (χ0v) is 20.2. The Morgan fingerprint density at radius 2 is 1.90 bits per heavy atom. The topological polar surface area (TPSA) is 67.9 Å². The van der Waals surface area contributed by atoms with Crippen LogP contribution < -0.4 is 14.8 Å². The van der Waals surface area contributed by atoms with Crippen molar-refractivity contribution in [1.29, 1.82) is 0 Å². The molecule has 0 heterocycles. The van der Waals surface area contributed by atoms with Crippen molar-refractivity contribution in [2.75, 3.05) is 20.3 Å². The van der Waals surface area contributed by atoms with Gasteiger partial charge < -0.3 is 19.7 Å². The minimum Gasteiger partial charge on any atom is -0.497 e. The van der Waals surface area contributed by atoms with Gasteiger partial charge in [0.05, 0.1) is 7.11 Å². The molecule has 2 aromatic rings. The molecule has 2 aromatic carbocycles. The highest BCUT2D eigenvalue weighted by molar-refractivity contribution is 9.10. The maximum Gasteiger partial charge on any atom is 0.261 e. The molecule has 168 valence electrons. The van der Waals surface area contributed by atoms with Crippen molar-refractivity contribution in [3.63, 3.8) is 0 Å². The molecular weight excluding hydrogens is 460 g/mol.